The Labute approximate surface area is 119 Å². The van der Waals surface area contributed by atoms with E-state index >= 15 is 0 Å². The van der Waals surface area contributed by atoms with E-state index in [0.717, 1.165) is 0 Å². The minimum Gasteiger partial charge on any atom is -0.497 e. The second-order valence-corrected chi connectivity index (χ2v) is 4.48. The highest BCUT2D eigenvalue weighted by atomic mass is 35.5. The third-order valence-corrected chi connectivity index (χ3v) is 3.18. The number of carboxylic acids is 1. The molecule has 0 amide bonds. The summed E-state index contributed by atoms with van der Waals surface area (Å²) in [6.45, 7) is 0. The van der Waals surface area contributed by atoms with E-state index in [1.807, 2.05) is 0 Å². The number of ether oxygens (including phenoxy) is 1. The van der Waals surface area contributed by atoms with Crippen molar-refractivity contribution in [3.8, 4) is 16.9 Å². The number of benzene rings is 1. The summed E-state index contributed by atoms with van der Waals surface area (Å²) in [5.41, 5.74) is 1.12. The van der Waals surface area contributed by atoms with Gasteiger partial charge in [-0.3, -0.25) is 0 Å². The summed E-state index contributed by atoms with van der Waals surface area (Å²) in [7, 11) is 1.54. The molecule has 0 saturated carbocycles. The number of carbonyl (C=O) groups is 1. The Balaban J connectivity index is 2.59. The van der Waals surface area contributed by atoms with Crippen LogP contribution >= 0.6 is 23.2 Å². The van der Waals surface area contributed by atoms with Gasteiger partial charge in [-0.25, -0.2) is 9.78 Å². The molecule has 2 aromatic rings. The molecule has 0 radical (unpaired) electrons. The number of nitrogens with zero attached hydrogens (tertiary/aromatic N) is 1. The Morgan fingerprint density at radius 1 is 1.32 bits per heavy atom. The molecule has 0 atom stereocenters. The van der Waals surface area contributed by atoms with Gasteiger partial charge in [0.1, 0.15) is 10.9 Å². The van der Waals surface area contributed by atoms with E-state index in [0.29, 0.717) is 21.9 Å². The number of pyridine rings is 1. The van der Waals surface area contributed by atoms with Crippen molar-refractivity contribution in [2.45, 2.75) is 0 Å². The molecule has 1 aromatic carbocycles. The third kappa shape index (κ3) is 2.80. The first-order valence-electron chi connectivity index (χ1n) is 5.25. The Hall–Kier alpha value is -1.78. The second kappa shape index (κ2) is 5.47. The Morgan fingerprint density at radius 2 is 2.05 bits per heavy atom. The first-order valence-corrected chi connectivity index (χ1v) is 6.01. The average Bonchev–Trinajstić information content (AvgIpc) is 2.40. The number of hydrogen-bond acceptors (Lipinski definition) is 3. The van der Waals surface area contributed by atoms with E-state index in [1.165, 1.54) is 19.4 Å². The van der Waals surface area contributed by atoms with Gasteiger partial charge in [-0.1, -0.05) is 23.2 Å². The van der Waals surface area contributed by atoms with E-state index < -0.39 is 5.97 Å². The van der Waals surface area contributed by atoms with Crippen molar-refractivity contribution in [1.29, 1.82) is 0 Å². The molecular formula is C13H9Cl2NO3. The highest BCUT2D eigenvalue weighted by molar-refractivity contribution is 6.34. The van der Waals surface area contributed by atoms with Crippen LogP contribution in [-0.4, -0.2) is 23.2 Å². The largest absolute Gasteiger partial charge is 0.497 e. The predicted octanol–water partition coefficient (Wildman–Crippen LogP) is 3.76. The van der Waals surface area contributed by atoms with E-state index in [2.05, 4.69) is 4.98 Å². The molecule has 1 aromatic heterocycles. The van der Waals surface area contributed by atoms with Gasteiger partial charge in [0.2, 0.25) is 0 Å². The smallest absolute Gasteiger partial charge is 0.338 e. The number of aromatic nitrogens is 1. The van der Waals surface area contributed by atoms with Crippen molar-refractivity contribution in [3.63, 3.8) is 0 Å². The standard InChI is InChI=1S/C13H9Cl2NO3/c1-19-8-2-3-11(14)9(5-8)7-4-10(13(17)18)12(15)16-6-7/h2-6H,1H3,(H,17,18). The van der Waals surface area contributed by atoms with E-state index in [4.69, 9.17) is 33.0 Å². The van der Waals surface area contributed by atoms with Crippen LogP contribution < -0.4 is 4.74 Å². The maximum Gasteiger partial charge on any atom is 0.338 e. The van der Waals surface area contributed by atoms with Crippen molar-refractivity contribution in [2.75, 3.05) is 7.11 Å². The quantitative estimate of drug-likeness (QED) is 0.876. The molecule has 6 heteroatoms. The summed E-state index contributed by atoms with van der Waals surface area (Å²) in [6, 6.07) is 6.52. The number of aromatic carboxylic acids is 1. The third-order valence-electron chi connectivity index (χ3n) is 2.55. The van der Waals surface area contributed by atoms with Gasteiger partial charge in [-0.2, -0.15) is 0 Å². The van der Waals surface area contributed by atoms with Crippen LogP contribution in [0.5, 0.6) is 5.75 Å². The summed E-state index contributed by atoms with van der Waals surface area (Å²) < 4.78 is 5.11. The molecule has 0 spiro atoms. The highest BCUT2D eigenvalue weighted by Gasteiger charge is 2.13. The van der Waals surface area contributed by atoms with Gasteiger partial charge in [0, 0.05) is 22.3 Å². The molecular weight excluding hydrogens is 289 g/mol. The maximum absolute atomic E-state index is 11.0. The SMILES string of the molecule is COc1ccc(Cl)c(-c2cnc(Cl)c(C(=O)O)c2)c1. The molecule has 0 aliphatic rings. The van der Waals surface area contributed by atoms with Crippen molar-refractivity contribution in [1.82, 2.24) is 4.98 Å². The van der Waals surface area contributed by atoms with Gasteiger partial charge in [0.15, 0.2) is 0 Å². The molecule has 0 aliphatic heterocycles. The summed E-state index contributed by atoms with van der Waals surface area (Å²) in [5.74, 6) is -0.524. The number of hydrogen-bond donors (Lipinski definition) is 1. The lowest BCUT2D eigenvalue weighted by molar-refractivity contribution is 0.0696. The fourth-order valence-electron chi connectivity index (χ4n) is 1.60. The molecule has 1 heterocycles. The zero-order valence-electron chi connectivity index (χ0n) is 9.85. The lowest BCUT2D eigenvalue weighted by Crippen LogP contribution is -1.99. The van der Waals surface area contributed by atoms with Gasteiger partial charge in [0.05, 0.1) is 12.7 Å². The van der Waals surface area contributed by atoms with Crippen LogP contribution in [0.1, 0.15) is 10.4 Å². The Morgan fingerprint density at radius 3 is 2.68 bits per heavy atom. The first-order chi connectivity index (χ1) is 9.02. The van der Waals surface area contributed by atoms with Crippen LogP contribution in [0.2, 0.25) is 10.2 Å². The van der Waals surface area contributed by atoms with Crippen LogP contribution in [0, 0.1) is 0 Å². The van der Waals surface area contributed by atoms with Gasteiger partial charge in [-0.05, 0) is 24.3 Å². The maximum atomic E-state index is 11.0. The second-order valence-electron chi connectivity index (χ2n) is 3.71. The molecule has 0 saturated heterocycles. The first kappa shape index (κ1) is 13.6. The van der Waals surface area contributed by atoms with E-state index in [9.17, 15) is 4.79 Å². The summed E-state index contributed by atoms with van der Waals surface area (Å²) >= 11 is 11.8. The number of rotatable bonds is 3. The Bertz CT molecular complexity index is 644. The molecule has 4 nitrogen and oxygen atoms in total. The normalized spacial score (nSPS) is 10.3. The van der Waals surface area contributed by atoms with Gasteiger partial charge in [-0.15, -0.1) is 0 Å². The number of methoxy groups -OCH3 is 1. The van der Waals surface area contributed by atoms with Gasteiger partial charge in [0.25, 0.3) is 0 Å². The zero-order valence-corrected chi connectivity index (χ0v) is 11.4. The molecule has 0 unspecified atom stereocenters. The summed E-state index contributed by atoms with van der Waals surface area (Å²) in [4.78, 5) is 14.9. The molecule has 0 bridgehead atoms. The lowest BCUT2D eigenvalue weighted by Gasteiger charge is -2.08. The van der Waals surface area contributed by atoms with Crippen molar-refractivity contribution in [3.05, 3.63) is 46.2 Å². The van der Waals surface area contributed by atoms with E-state index in [-0.39, 0.29) is 10.7 Å². The van der Waals surface area contributed by atoms with Crippen molar-refractivity contribution < 1.29 is 14.6 Å². The van der Waals surface area contributed by atoms with Crippen LogP contribution in [0.3, 0.4) is 0 Å². The number of halogens is 2. The molecule has 2 rings (SSSR count). The minimum atomic E-state index is -1.14. The van der Waals surface area contributed by atoms with Gasteiger partial charge < -0.3 is 9.84 Å². The lowest BCUT2D eigenvalue weighted by atomic mass is 10.1. The van der Waals surface area contributed by atoms with Crippen LogP contribution in [0.4, 0.5) is 0 Å². The highest BCUT2D eigenvalue weighted by Crippen LogP contribution is 2.32. The fraction of sp³-hybridized carbons (Fsp3) is 0.0769. The van der Waals surface area contributed by atoms with Gasteiger partial charge >= 0.3 is 5.97 Å². The van der Waals surface area contributed by atoms with Crippen molar-refractivity contribution >= 4 is 29.2 Å². The predicted molar refractivity (Wildman–Crippen MR) is 73.2 cm³/mol. The van der Waals surface area contributed by atoms with Crippen molar-refractivity contribution in [2.24, 2.45) is 0 Å². The fourth-order valence-corrected chi connectivity index (χ4v) is 2.01. The topological polar surface area (TPSA) is 59.4 Å². The summed E-state index contributed by atoms with van der Waals surface area (Å²) in [6.07, 6.45) is 1.47. The minimum absolute atomic E-state index is 0.0599. The molecule has 1 N–H and O–H groups in total. The molecule has 0 aliphatic carbocycles. The Kier molecular flexibility index (Phi) is 3.93. The average molecular weight is 298 g/mol. The van der Waals surface area contributed by atoms with Crippen LogP contribution in [-0.2, 0) is 0 Å². The molecule has 19 heavy (non-hydrogen) atoms. The van der Waals surface area contributed by atoms with E-state index in [1.54, 1.807) is 18.2 Å². The van der Waals surface area contributed by atoms with Crippen LogP contribution in [0.15, 0.2) is 30.5 Å². The van der Waals surface area contributed by atoms with Crippen LogP contribution in [0.25, 0.3) is 11.1 Å². The summed E-state index contributed by atoms with van der Waals surface area (Å²) in [5, 5.41) is 9.44. The monoisotopic (exact) mass is 297 g/mol. The zero-order chi connectivity index (χ0) is 14.0. The molecule has 0 fully saturated rings. The molecule has 98 valence electrons. The number of carboxylic acid groups (broad SMARTS) is 1.